The molecule has 2 aromatic heterocycles. The van der Waals surface area contributed by atoms with E-state index in [0.29, 0.717) is 11.4 Å². The van der Waals surface area contributed by atoms with E-state index in [1.54, 1.807) is 0 Å². The first-order chi connectivity index (χ1) is 16.8. The van der Waals surface area contributed by atoms with Crippen LogP contribution in [0.5, 0.6) is 0 Å². The van der Waals surface area contributed by atoms with Crippen molar-refractivity contribution in [1.29, 1.82) is 0 Å². The topological polar surface area (TPSA) is 237 Å². The Morgan fingerprint density at radius 2 is 1.34 bits per heavy atom. The Morgan fingerprint density at radius 1 is 0.829 bits per heavy atom. The number of carbonyl (C=O) groups is 5. The molecule has 2 rings (SSSR count). The molecule has 190 valence electrons. The van der Waals surface area contributed by atoms with E-state index in [-0.39, 0.29) is 45.3 Å². The molecule has 0 aliphatic rings. The number of imidazole rings is 2. The molecule has 0 fully saturated rings. The minimum absolute atomic E-state index is 0.0253. The zero-order valence-electron chi connectivity index (χ0n) is 18.9. The molecule has 0 radical (unpaired) electrons. The molecule has 4 amide bonds. The molecule has 2 aromatic rings. The van der Waals surface area contributed by atoms with Gasteiger partial charge in [-0.05, 0) is 0 Å². The molecule has 0 aromatic carbocycles. The first kappa shape index (κ1) is 27.0. The Labute approximate surface area is 200 Å². The van der Waals surface area contributed by atoms with Gasteiger partial charge in [0.05, 0.1) is 19.2 Å². The van der Waals surface area contributed by atoms with Crippen molar-refractivity contribution in [3.8, 4) is 0 Å². The largest absolute Gasteiger partial charge is 0.480 e. The molecule has 2 atom stereocenters. The second kappa shape index (κ2) is 14.1. The van der Waals surface area contributed by atoms with Gasteiger partial charge in [0, 0.05) is 62.6 Å². The van der Waals surface area contributed by atoms with Crippen LogP contribution in [0.15, 0.2) is 25.0 Å². The number of aromatic amines is 2. The van der Waals surface area contributed by atoms with E-state index in [4.69, 9.17) is 5.73 Å². The van der Waals surface area contributed by atoms with E-state index in [1.807, 2.05) is 0 Å². The van der Waals surface area contributed by atoms with Crippen molar-refractivity contribution in [2.75, 3.05) is 19.6 Å². The molecule has 0 aliphatic heterocycles. The first-order valence-electron chi connectivity index (χ1n) is 10.8. The summed E-state index contributed by atoms with van der Waals surface area (Å²) in [5, 5.41) is 19.3. The number of H-pyrrole nitrogens is 2. The van der Waals surface area contributed by atoms with Gasteiger partial charge in [0.25, 0.3) is 0 Å². The van der Waals surface area contributed by atoms with Gasteiger partial charge in [-0.25, -0.2) is 14.8 Å². The van der Waals surface area contributed by atoms with Crippen molar-refractivity contribution in [1.82, 2.24) is 41.2 Å². The van der Waals surface area contributed by atoms with Crippen LogP contribution in [0.2, 0.25) is 0 Å². The van der Waals surface area contributed by atoms with Crippen molar-refractivity contribution >= 4 is 29.6 Å². The molecule has 2 heterocycles. The predicted octanol–water partition coefficient (Wildman–Crippen LogP) is -3.06. The van der Waals surface area contributed by atoms with Crippen LogP contribution in [0.4, 0.5) is 0 Å². The number of carboxylic acid groups (broad SMARTS) is 1. The zero-order chi connectivity index (χ0) is 25.6. The summed E-state index contributed by atoms with van der Waals surface area (Å²) < 4.78 is 0. The summed E-state index contributed by atoms with van der Waals surface area (Å²) in [7, 11) is 0. The molecule has 0 saturated carbocycles. The van der Waals surface area contributed by atoms with Crippen molar-refractivity contribution in [3.05, 3.63) is 36.4 Å². The Hall–Kier alpha value is -4.27. The number of aromatic nitrogens is 4. The van der Waals surface area contributed by atoms with Gasteiger partial charge in [-0.2, -0.15) is 0 Å². The lowest BCUT2D eigenvalue weighted by molar-refractivity contribution is -0.141. The summed E-state index contributed by atoms with van der Waals surface area (Å²) in [6.45, 7) is -0.219. The molecule has 35 heavy (non-hydrogen) atoms. The summed E-state index contributed by atoms with van der Waals surface area (Å²) in [5.41, 5.74) is 6.33. The lowest BCUT2D eigenvalue weighted by Gasteiger charge is -2.18. The van der Waals surface area contributed by atoms with E-state index >= 15 is 0 Å². The molecule has 15 heteroatoms. The Kier molecular flexibility index (Phi) is 10.9. The van der Waals surface area contributed by atoms with E-state index in [2.05, 4.69) is 41.2 Å². The van der Waals surface area contributed by atoms with Gasteiger partial charge >= 0.3 is 5.97 Å². The van der Waals surface area contributed by atoms with Crippen molar-refractivity contribution < 1.29 is 29.1 Å². The third-order valence-electron chi connectivity index (χ3n) is 4.75. The minimum atomic E-state index is -1.21. The number of hydrogen-bond donors (Lipinski definition) is 8. The fraction of sp³-hybridized carbons (Fsp3) is 0.450. The Bertz CT molecular complexity index is 977. The number of nitrogens with two attached hydrogens (primary N) is 1. The highest BCUT2D eigenvalue weighted by Gasteiger charge is 2.23. The third kappa shape index (κ3) is 10.0. The van der Waals surface area contributed by atoms with Gasteiger partial charge < -0.3 is 42.1 Å². The van der Waals surface area contributed by atoms with E-state index in [9.17, 15) is 29.1 Å². The highest BCUT2D eigenvalue weighted by Crippen LogP contribution is 2.01. The maximum atomic E-state index is 12.7. The fourth-order valence-electron chi connectivity index (χ4n) is 2.98. The zero-order valence-corrected chi connectivity index (χ0v) is 18.9. The number of carbonyl (C=O) groups excluding carboxylic acids is 4. The molecule has 0 aliphatic carbocycles. The van der Waals surface area contributed by atoms with Crippen LogP contribution in [0, 0.1) is 0 Å². The molecular weight excluding hydrogens is 462 g/mol. The first-order valence-corrected chi connectivity index (χ1v) is 10.8. The lowest BCUT2D eigenvalue weighted by atomic mass is 10.1. The number of carboxylic acids is 1. The summed E-state index contributed by atoms with van der Waals surface area (Å²) in [6.07, 6.45) is 5.71. The maximum absolute atomic E-state index is 12.7. The van der Waals surface area contributed by atoms with Crippen LogP contribution in [0.3, 0.4) is 0 Å². The van der Waals surface area contributed by atoms with Crippen LogP contribution in [0.25, 0.3) is 0 Å². The second-order valence-corrected chi connectivity index (χ2v) is 7.49. The van der Waals surface area contributed by atoms with Crippen LogP contribution >= 0.6 is 0 Å². The fourth-order valence-corrected chi connectivity index (χ4v) is 2.98. The third-order valence-corrected chi connectivity index (χ3v) is 4.75. The number of aliphatic carboxylic acids is 1. The van der Waals surface area contributed by atoms with Crippen LogP contribution in [-0.4, -0.2) is 86.4 Å². The van der Waals surface area contributed by atoms with Gasteiger partial charge in [-0.1, -0.05) is 0 Å². The summed E-state index contributed by atoms with van der Waals surface area (Å²) in [5.74, 6) is -3.19. The van der Waals surface area contributed by atoms with Gasteiger partial charge in [0.15, 0.2) is 0 Å². The SMILES string of the molecule is NCC(=O)NCCC(=O)N[C@@H](Cc1cnc[nH]1)C(=O)NCCC(=O)N[C@@H](Cc1cnc[nH]1)C(=O)O. The standard InChI is InChI=1S/C20H29N9O6/c21-7-18(32)24-3-1-16(30)28-14(5-12-8-22-10-26-12)19(33)25-4-2-17(31)29-15(20(34)35)6-13-9-23-11-27-13/h8-11,14-15H,1-7,21H2,(H,22,26)(H,23,27)(H,24,32)(H,25,33)(H,28,30)(H,29,31)(H,34,35)/t14-,15-/m0/s1. The van der Waals surface area contributed by atoms with Crippen molar-refractivity contribution in [2.24, 2.45) is 5.73 Å². The molecule has 15 nitrogen and oxygen atoms in total. The molecule has 0 saturated heterocycles. The van der Waals surface area contributed by atoms with E-state index < -0.39 is 41.7 Å². The van der Waals surface area contributed by atoms with E-state index in [1.165, 1.54) is 25.0 Å². The summed E-state index contributed by atoms with van der Waals surface area (Å²) in [4.78, 5) is 73.0. The lowest BCUT2D eigenvalue weighted by Crippen LogP contribution is -2.49. The van der Waals surface area contributed by atoms with Gasteiger partial charge in [0.2, 0.25) is 23.6 Å². The average molecular weight is 492 g/mol. The second-order valence-electron chi connectivity index (χ2n) is 7.49. The van der Waals surface area contributed by atoms with Crippen LogP contribution in [0.1, 0.15) is 24.2 Å². The molecule has 0 unspecified atom stereocenters. The Balaban J connectivity index is 1.84. The van der Waals surface area contributed by atoms with Crippen molar-refractivity contribution in [2.45, 2.75) is 37.8 Å². The minimum Gasteiger partial charge on any atom is -0.480 e. The predicted molar refractivity (Wildman–Crippen MR) is 120 cm³/mol. The summed E-state index contributed by atoms with van der Waals surface area (Å²) in [6, 6.07) is -2.13. The number of nitrogens with one attached hydrogen (secondary N) is 6. The number of hydrogen-bond acceptors (Lipinski definition) is 8. The molecular formula is C20H29N9O6. The molecule has 9 N–H and O–H groups in total. The van der Waals surface area contributed by atoms with Crippen LogP contribution < -0.4 is 27.0 Å². The van der Waals surface area contributed by atoms with E-state index in [0.717, 1.165) is 0 Å². The normalized spacial score (nSPS) is 12.3. The average Bonchev–Trinajstić information content (AvgIpc) is 3.52. The highest BCUT2D eigenvalue weighted by molar-refractivity contribution is 5.89. The van der Waals surface area contributed by atoms with Gasteiger partial charge in [-0.3, -0.25) is 19.2 Å². The highest BCUT2D eigenvalue weighted by atomic mass is 16.4. The summed E-state index contributed by atoms with van der Waals surface area (Å²) >= 11 is 0. The quantitative estimate of drug-likeness (QED) is 0.126. The smallest absolute Gasteiger partial charge is 0.326 e. The monoisotopic (exact) mass is 491 g/mol. The number of rotatable bonds is 15. The van der Waals surface area contributed by atoms with Gasteiger partial charge in [-0.15, -0.1) is 0 Å². The molecule has 0 spiro atoms. The Morgan fingerprint density at radius 3 is 1.83 bits per heavy atom. The number of amides is 4. The van der Waals surface area contributed by atoms with Crippen molar-refractivity contribution in [3.63, 3.8) is 0 Å². The maximum Gasteiger partial charge on any atom is 0.326 e. The molecule has 0 bridgehead atoms. The number of nitrogens with zero attached hydrogens (tertiary/aromatic N) is 2. The van der Waals surface area contributed by atoms with Crippen LogP contribution in [-0.2, 0) is 36.8 Å². The van der Waals surface area contributed by atoms with Gasteiger partial charge in [0.1, 0.15) is 12.1 Å².